The molecule has 0 radical (unpaired) electrons. The van der Waals surface area contributed by atoms with Crippen molar-refractivity contribution >= 4 is 52.1 Å². The molecule has 2 amide bonds. The predicted octanol–water partition coefficient (Wildman–Crippen LogP) is 3.41. The first kappa shape index (κ1) is 20.6. The number of likely N-dealkylation sites (N-methyl/N-ethyl adjacent to an activating group) is 1. The summed E-state index contributed by atoms with van der Waals surface area (Å²) in [5.74, 6) is -0.874. The lowest BCUT2D eigenvalue weighted by molar-refractivity contribution is -0.383. The molecule has 2 N–H and O–H groups in total. The number of amides is 2. The minimum atomic E-state index is -0.618. The summed E-state index contributed by atoms with van der Waals surface area (Å²) in [5, 5.41) is 16.8. The number of nitrogens with zero attached hydrogens (tertiary/aromatic N) is 2. The van der Waals surface area contributed by atoms with Gasteiger partial charge in [0.15, 0.2) is 0 Å². The summed E-state index contributed by atoms with van der Waals surface area (Å²) < 4.78 is 0. The number of para-hydroxylation sites is 1. The number of anilines is 2. The van der Waals surface area contributed by atoms with Gasteiger partial charge >= 0.3 is 0 Å². The maximum Gasteiger partial charge on any atom is 0.292 e. The predicted molar refractivity (Wildman–Crippen MR) is 104 cm³/mol. The highest BCUT2D eigenvalue weighted by atomic mass is 35.5. The van der Waals surface area contributed by atoms with Crippen molar-refractivity contribution in [2.45, 2.75) is 0 Å². The van der Waals surface area contributed by atoms with Gasteiger partial charge in [-0.1, -0.05) is 35.3 Å². The monoisotopic (exact) mass is 410 g/mol. The van der Waals surface area contributed by atoms with E-state index in [1.807, 2.05) is 0 Å². The second-order valence-corrected chi connectivity index (χ2v) is 6.51. The number of hydrogen-bond donors (Lipinski definition) is 2. The maximum atomic E-state index is 12.1. The number of rotatable bonds is 7. The smallest absolute Gasteiger partial charge is 0.292 e. The molecule has 2 rings (SSSR count). The van der Waals surface area contributed by atoms with Gasteiger partial charge in [-0.15, -0.1) is 0 Å². The van der Waals surface area contributed by atoms with Crippen LogP contribution in [0.4, 0.5) is 17.1 Å². The fourth-order valence-electron chi connectivity index (χ4n) is 2.26. The van der Waals surface area contributed by atoms with Crippen molar-refractivity contribution in [1.82, 2.24) is 4.90 Å². The van der Waals surface area contributed by atoms with Crippen molar-refractivity contribution in [2.24, 2.45) is 0 Å². The number of hydrogen-bond acceptors (Lipinski definition) is 5. The number of carbonyl (C=O) groups excluding carboxylic acids is 2. The molecule has 0 aliphatic heterocycles. The molecule has 0 fully saturated rings. The Morgan fingerprint density at radius 2 is 1.63 bits per heavy atom. The van der Waals surface area contributed by atoms with E-state index in [0.29, 0.717) is 10.7 Å². The molecular formula is C17H16Cl2N4O4. The van der Waals surface area contributed by atoms with Gasteiger partial charge in [-0.25, -0.2) is 0 Å². The average molecular weight is 411 g/mol. The van der Waals surface area contributed by atoms with E-state index in [9.17, 15) is 19.7 Å². The van der Waals surface area contributed by atoms with Crippen LogP contribution in [0.2, 0.25) is 10.0 Å². The number of nitro groups is 1. The van der Waals surface area contributed by atoms with Crippen molar-refractivity contribution < 1.29 is 14.5 Å². The largest absolute Gasteiger partial charge is 0.324 e. The SMILES string of the molecule is CN(CC(=O)Nc1ccccc1Cl)CC(=O)Nc1cc(Cl)ccc1[N+](=O)[O-]. The zero-order valence-corrected chi connectivity index (χ0v) is 15.8. The van der Waals surface area contributed by atoms with E-state index >= 15 is 0 Å². The Morgan fingerprint density at radius 1 is 1.04 bits per heavy atom. The Balaban J connectivity index is 1.92. The molecule has 0 aromatic heterocycles. The molecule has 0 bridgehead atoms. The first-order chi connectivity index (χ1) is 12.8. The van der Waals surface area contributed by atoms with Gasteiger partial charge in [-0.2, -0.15) is 0 Å². The third-order valence-electron chi connectivity index (χ3n) is 3.40. The van der Waals surface area contributed by atoms with Gasteiger partial charge in [0.1, 0.15) is 5.69 Å². The van der Waals surface area contributed by atoms with Crippen LogP contribution in [0.1, 0.15) is 0 Å². The Hall–Kier alpha value is -2.68. The minimum absolute atomic E-state index is 0.00795. The number of benzene rings is 2. The molecule has 0 spiro atoms. The van der Waals surface area contributed by atoms with Crippen LogP contribution in [0.15, 0.2) is 42.5 Å². The van der Waals surface area contributed by atoms with Gasteiger partial charge in [-0.3, -0.25) is 24.6 Å². The third-order valence-corrected chi connectivity index (χ3v) is 3.97. The number of nitro benzene ring substituents is 1. The minimum Gasteiger partial charge on any atom is -0.324 e. The highest BCUT2D eigenvalue weighted by Crippen LogP contribution is 2.27. The fraction of sp³-hybridized carbons (Fsp3) is 0.176. The zero-order chi connectivity index (χ0) is 20.0. The number of carbonyl (C=O) groups is 2. The fourth-order valence-corrected chi connectivity index (χ4v) is 2.61. The molecule has 0 atom stereocenters. The Bertz CT molecular complexity index is 876. The molecule has 10 heteroatoms. The van der Waals surface area contributed by atoms with Crippen molar-refractivity contribution in [3.63, 3.8) is 0 Å². The van der Waals surface area contributed by atoms with Gasteiger partial charge in [0.2, 0.25) is 11.8 Å². The summed E-state index contributed by atoms with van der Waals surface area (Å²) in [6.45, 7) is -0.226. The van der Waals surface area contributed by atoms with Crippen LogP contribution in [-0.4, -0.2) is 41.8 Å². The van der Waals surface area contributed by atoms with Crippen molar-refractivity contribution in [3.05, 3.63) is 62.6 Å². The zero-order valence-electron chi connectivity index (χ0n) is 14.2. The summed E-state index contributed by atoms with van der Waals surface area (Å²) in [6.07, 6.45) is 0. The van der Waals surface area contributed by atoms with Gasteiger partial charge in [0.05, 0.1) is 28.7 Å². The van der Waals surface area contributed by atoms with Gasteiger partial charge in [-0.05, 0) is 31.3 Å². The van der Waals surface area contributed by atoms with E-state index in [4.69, 9.17) is 23.2 Å². The summed E-state index contributed by atoms with van der Waals surface area (Å²) in [6, 6.07) is 10.6. The highest BCUT2D eigenvalue weighted by molar-refractivity contribution is 6.33. The number of halogens is 2. The molecule has 0 saturated heterocycles. The summed E-state index contributed by atoms with van der Waals surface area (Å²) in [4.78, 5) is 36.0. The van der Waals surface area contributed by atoms with Crippen molar-refractivity contribution in [2.75, 3.05) is 30.8 Å². The second kappa shape index (κ2) is 9.31. The van der Waals surface area contributed by atoms with Crippen LogP contribution < -0.4 is 10.6 Å². The van der Waals surface area contributed by atoms with E-state index in [1.54, 1.807) is 31.3 Å². The average Bonchev–Trinajstić information content (AvgIpc) is 2.56. The van der Waals surface area contributed by atoms with Gasteiger partial charge < -0.3 is 10.6 Å². The quantitative estimate of drug-likeness (QED) is 0.537. The lowest BCUT2D eigenvalue weighted by Gasteiger charge is -2.16. The molecule has 0 heterocycles. The van der Waals surface area contributed by atoms with Crippen LogP contribution in [0.3, 0.4) is 0 Å². The van der Waals surface area contributed by atoms with E-state index < -0.39 is 10.8 Å². The Kier molecular flexibility index (Phi) is 7.12. The Morgan fingerprint density at radius 3 is 2.22 bits per heavy atom. The molecule has 0 aliphatic rings. The normalized spacial score (nSPS) is 10.5. The molecule has 0 aliphatic carbocycles. The van der Waals surface area contributed by atoms with Crippen LogP contribution in [0, 0.1) is 10.1 Å². The van der Waals surface area contributed by atoms with Crippen molar-refractivity contribution in [1.29, 1.82) is 0 Å². The van der Waals surface area contributed by atoms with E-state index in [1.165, 1.54) is 23.1 Å². The summed E-state index contributed by atoms with van der Waals surface area (Å²) in [5.41, 5.74) is 0.190. The van der Waals surface area contributed by atoms with E-state index in [0.717, 1.165) is 0 Å². The first-order valence-electron chi connectivity index (χ1n) is 7.73. The van der Waals surface area contributed by atoms with Crippen LogP contribution in [0.25, 0.3) is 0 Å². The molecule has 0 saturated carbocycles. The highest BCUT2D eigenvalue weighted by Gasteiger charge is 2.18. The molecule has 27 heavy (non-hydrogen) atoms. The molecule has 0 unspecified atom stereocenters. The molecule has 2 aromatic rings. The second-order valence-electron chi connectivity index (χ2n) is 5.67. The van der Waals surface area contributed by atoms with Crippen molar-refractivity contribution in [3.8, 4) is 0 Å². The lowest BCUT2D eigenvalue weighted by Crippen LogP contribution is -2.36. The summed E-state index contributed by atoms with van der Waals surface area (Å²) in [7, 11) is 1.57. The van der Waals surface area contributed by atoms with E-state index in [2.05, 4.69) is 10.6 Å². The standard InChI is InChI=1S/C17H16Cl2N4O4/c1-22(9-16(24)20-13-5-3-2-4-12(13)19)10-17(25)21-14-8-11(18)6-7-15(14)23(26)27/h2-8H,9-10H2,1H3,(H,20,24)(H,21,25). The van der Waals surface area contributed by atoms with Crippen LogP contribution >= 0.6 is 23.2 Å². The van der Waals surface area contributed by atoms with Gasteiger partial charge in [0.25, 0.3) is 5.69 Å². The molecule has 142 valence electrons. The van der Waals surface area contributed by atoms with Crippen LogP contribution in [-0.2, 0) is 9.59 Å². The lowest BCUT2D eigenvalue weighted by atomic mass is 10.2. The molecular weight excluding hydrogens is 395 g/mol. The third kappa shape index (κ3) is 6.21. The number of nitrogens with one attached hydrogen (secondary N) is 2. The van der Waals surface area contributed by atoms with Crippen LogP contribution in [0.5, 0.6) is 0 Å². The Labute approximate surface area is 165 Å². The molecule has 2 aromatic carbocycles. The maximum absolute atomic E-state index is 12.1. The molecule has 8 nitrogen and oxygen atoms in total. The first-order valence-corrected chi connectivity index (χ1v) is 8.48. The summed E-state index contributed by atoms with van der Waals surface area (Å²) >= 11 is 11.8. The van der Waals surface area contributed by atoms with E-state index in [-0.39, 0.29) is 35.4 Å². The topological polar surface area (TPSA) is 105 Å². The van der Waals surface area contributed by atoms with Gasteiger partial charge in [0, 0.05) is 11.1 Å².